The van der Waals surface area contributed by atoms with Crippen LogP contribution in [-0.2, 0) is 16.1 Å². The first-order chi connectivity index (χ1) is 11.9. The van der Waals surface area contributed by atoms with E-state index >= 15 is 0 Å². The molecule has 2 amide bonds. The highest BCUT2D eigenvalue weighted by Crippen LogP contribution is 2.47. The van der Waals surface area contributed by atoms with E-state index in [2.05, 4.69) is 10.6 Å². The lowest BCUT2D eigenvalue weighted by atomic mass is 10.0. The number of anilines is 1. The van der Waals surface area contributed by atoms with Gasteiger partial charge >= 0.3 is 0 Å². The molecule has 0 unspecified atom stereocenters. The zero-order valence-electron chi connectivity index (χ0n) is 15.0. The van der Waals surface area contributed by atoms with Gasteiger partial charge in [0.1, 0.15) is 5.41 Å². The van der Waals surface area contributed by atoms with Crippen molar-refractivity contribution in [2.24, 2.45) is 5.41 Å². The molecule has 2 N–H and O–H groups in total. The van der Waals surface area contributed by atoms with Gasteiger partial charge in [0.25, 0.3) is 0 Å². The van der Waals surface area contributed by atoms with E-state index in [0.717, 1.165) is 27.9 Å². The molecule has 25 heavy (non-hydrogen) atoms. The Balaban J connectivity index is 1.67. The fraction of sp³-hybridized carbons (Fsp3) is 0.333. The Morgan fingerprint density at radius 3 is 2.20 bits per heavy atom. The molecule has 1 fully saturated rings. The van der Waals surface area contributed by atoms with Gasteiger partial charge in [-0.25, -0.2) is 0 Å². The monoisotopic (exact) mass is 336 g/mol. The molecule has 3 rings (SSSR count). The summed E-state index contributed by atoms with van der Waals surface area (Å²) in [5, 5.41) is 5.89. The van der Waals surface area contributed by atoms with Crippen molar-refractivity contribution in [2.45, 2.75) is 40.2 Å². The van der Waals surface area contributed by atoms with Crippen LogP contribution >= 0.6 is 0 Å². The van der Waals surface area contributed by atoms with Crippen LogP contribution in [0.5, 0.6) is 0 Å². The lowest BCUT2D eigenvalue weighted by molar-refractivity contribution is -0.134. The fourth-order valence-corrected chi connectivity index (χ4v) is 3.10. The van der Waals surface area contributed by atoms with Crippen LogP contribution < -0.4 is 10.6 Å². The van der Waals surface area contributed by atoms with Gasteiger partial charge in [-0.05, 0) is 50.3 Å². The lowest BCUT2D eigenvalue weighted by Crippen LogP contribution is -2.39. The molecule has 0 saturated heterocycles. The zero-order chi connectivity index (χ0) is 18.0. The number of carbonyl (C=O) groups is 2. The first-order valence-electron chi connectivity index (χ1n) is 8.64. The van der Waals surface area contributed by atoms with Crippen molar-refractivity contribution in [3.63, 3.8) is 0 Å². The van der Waals surface area contributed by atoms with Crippen LogP contribution in [-0.4, -0.2) is 11.8 Å². The molecule has 4 heteroatoms. The Labute approximate surface area is 148 Å². The summed E-state index contributed by atoms with van der Waals surface area (Å²) in [6.45, 7) is 6.38. The molecule has 130 valence electrons. The number of nitrogens with one attached hydrogen (secondary N) is 2. The molecule has 1 saturated carbocycles. The maximum atomic E-state index is 12.7. The number of carbonyl (C=O) groups excluding carboxylic acids is 2. The van der Waals surface area contributed by atoms with Crippen molar-refractivity contribution in [2.75, 3.05) is 5.32 Å². The third-order valence-electron chi connectivity index (χ3n) is 4.87. The average Bonchev–Trinajstić information content (AvgIpc) is 3.38. The van der Waals surface area contributed by atoms with Crippen molar-refractivity contribution >= 4 is 17.5 Å². The van der Waals surface area contributed by atoms with Crippen LogP contribution in [0.2, 0.25) is 0 Å². The van der Waals surface area contributed by atoms with E-state index in [1.54, 1.807) is 0 Å². The van der Waals surface area contributed by atoms with Crippen LogP contribution in [0.15, 0.2) is 42.5 Å². The van der Waals surface area contributed by atoms with Crippen molar-refractivity contribution < 1.29 is 9.59 Å². The number of hydrogen-bond acceptors (Lipinski definition) is 2. The summed E-state index contributed by atoms with van der Waals surface area (Å²) in [4.78, 5) is 25.4. The average molecular weight is 336 g/mol. The van der Waals surface area contributed by atoms with Crippen LogP contribution in [0.1, 0.15) is 35.1 Å². The van der Waals surface area contributed by atoms with Crippen LogP contribution in [0.3, 0.4) is 0 Å². The molecule has 4 nitrogen and oxygen atoms in total. The first kappa shape index (κ1) is 17.2. The molecular weight excluding hydrogens is 312 g/mol. The van der Waals surface area contributed by atoms with Gasteiger partial charge < -0.3 is 10.6 Å². The number of rotatable bonds is 5. The van der Waals surface area contributed by atoms with Crippen molar-refractivity contribution in [1.29, 1.82) is 0 Å². The molecular formula is C21H24N2O2. The quantitative estimate of drug-likeness (QED) is 0.819. The van der Waals surface area contributed by atoms with E-state index in [-0.39, 0.29) is 11.8 Å². The van der Waals surface area contributed by atoms with Gasteiger partial charge in [0.15, 0.2) is 0 Å². The minimum absolute atomic E-state index is 0.183. The standard InChI is InChI=1S/C21H24N2O2/c1-14-6-4-9-17(12-14)13-22-19(24)21(10-11-21)20(25)23-18-15(2)7-5-8-16(18)3/h4-9,12H,10-11,13H2,1-3H3,(H,22,24)(H,23,25). The molecule has 0 aliphatic heterocycles. The lowest BCUT2D eigenvalue weighted by Gasteiger charge is -2.18. The maximum absolute atomic E-state index is 12.7. The Bertz CT molecular complexity index is 802. The van der Waals surface area contributed by atoms with Crippen molar-refractivity contribution in [1.82, 2.24) is 5.32 Å². The van der Waals surface area contributed by atoms with E-state index in [1.165, 1.54) is 0 Å². The summed E-state index contributed by atoms with van der Waals surface area (Å²) in [7, 11) is 0. The minimum Gasteiger partial charge on any atom is -0.351 e. The molecule has 1 aliphatic rings. The largest absolute Gasteiger partial charge is 0.351 e. The van der Waals surface area contributed by atoms with Gasteiger partial charge in [-0.2, -0.15) is 0 Å². The predicted octanol–water partition coefficient (Wildman–Crippen LogP) is 3.65. The number of benzene rings is 2. The number of hydrogen-bond donors (Lipinski definition) is 2. The topological polar surface area (TPSA) is 58.2 Å². The highest BCUT2D eigenvalue weighted by atomic mass is 16.2. The molecule has 0 spiro atoms. The van der Waals surface area contributed by atoms with Crippen molar-refractivity contribution in [3.8, 4) is 0 Å². The normalized spacial score (nSPS) is 14.7. The van der Waals surface area contributed by atoms with Crippen LogP contribution in [0, 0.1) is 26.2 Å². The molecule has 0 bridgehead atoms. The summed E-state index contributed by atoms with van der Waals surface area (Å²) >= 11 is 0. The Morgan fingerprint density at radius 1 is 0.960 bits per heavy atom. The molecule has 0 radical (unpaired) electrons. The molecule has 2 aromatic rings. The highest BCUT2D eigenvalue weighted by Gasteiger charge is 2.56. The fourth-order valence-electron chi connectivity index (χ4n) is 3.10. The second-order valence-corrected chi connectivity index (χ2v) is 6.97. The maximum Gasteiger partial charge on any atom is 0.240 e. The Morgan fingerprint density at radius 2 is 1.60 bits per heavy atom. The summed E-state index contributed by atoms with van der Waals surface area (Å²) in [6.07, 6.45) is 1.20. The molecule has 0 atom stereocenters. The molecule has 1 aliphatic carbocycles. The molecule has 0 heterocycles. The van der Waals surface area contributed by atoms with E-state index in [1.807, 2.05) is 63.2 Å². The van der Waals surface area contributed by atoms with E-state index < -0.39 is 5.41 Å². The predicted molar refractivity (Wildman–Crippen MR) is 99.2 cm³/mol. The molecule has 2 aromatic carbocycles. The number of para-hydroxylation sites is 1. The van der Waals surface area contributed by atoms with Gasteiger partial charge in [-0.15, -0.1) is 0 Å². The second kappa shape index (κ2) is 6.71. The van der Waals surface area contributed by atoms with Gasteiger partial charge in [-0.1, -0.05) is 48.0 Å². The van der Waals surface area contributed by atoms with Gasteiger partial charge in [0.05, 0.1) is 0 Å². The summed E-state index contributed by atoms with van der Waals surface area (Å²) in [5.74, 6) is -0.385. The second-order valence-electron chi connectivity index (χ2n) is 6.97. The van der Waals surface area contributed by atoms with Crippen molar-refractivity contribution in [3.05, 3.63) is 64.7 Å². The SMILES string of the molecule is Cc1cccc(CNC(=O)C2(C(=O)Nc3c(C)cccc3C)CC2)c1. The third kappa shape index (κ3) is 3.58. The summed E-state index contributed by atoms with van der Waals surface area (Å²) in [5.41, 5.74) is 4.09. The van der Waals surface area contributed by atoms with Crippen LogP contribution in [0.4, 0.5) is 5.69 Å². The number of amides is 2. The van der Waals surface area contributed by atoms with Crippen LogP contribution in [0.25, 0.3) is 0 Å². The van der Waals surface area contributed by atoms with Gasteiger partial charge in [0, 0.05) is 12.2 Å². The summed E-state index contributed by atoms with van der Waals surface area (Å²) < 4.78 is 0. The Kier molecular flexibility index (Phi) is 4.62. The summed E-state index contributed by atoms with van der Waals surface area (Å²) in [6, 6.07) is 13.9. The highest BCUT2D eigenvalue weighted by molar-refractivity contribution is 6.13. The van der Waals surface area contributed by atoms with Gasteiger partial charge in [0.2, 0.25) is 11.8 Å². The molecule has 0 aromatic heterocycles. The zero-order valence-corrected chi connectivity index (χ0v) is 15.0. The van der Waals surface area contributed by atoms with E-state index in [9.17, 15) is 9.59 Å². The smallest absolute Gasteiger partial charge is 0.240 e. The van der Waals surface area contributed by atoms with Gasteiger partial charge in [-0.3, -0.25) is 9.59 Å². The minimum atomic E-state index is -0.918. The van der Waals surface area contributed by atoms with E-state index in [0.29, 0.717) is 19.4 Å². The van der Waals surface area contributed by atoms with E-state index in [4.69, 9.17) is 0 Å². The number of aryl methyl sites for hydroxylation is 3. The first-order valence-corrected chi connectivity index (χ1v) is 8.64. The Hall–Kier alpha value is -2.62. The third-order valence-corrected chi connectivity index (χ3v) is 4.87.